The molecule has 1 aliphatic rings. The Labute approximate surface area is 120 Å². The van der Waals surface area contributed by atoms with E-state index in [1.807, 2.05) is 12.1 Å². The van der Waals surface area contributed by atoms with Crippen molar-refractivity contribution in [2.75, 3.05) is 7.05 Å². The van der Waals surface area contributed by atoms with Gasteiger partial charge in [0.25, 0.3) is 5.91 Å². The van der Waals surface area contributed by atoms with Gasteiger partial charge in [0, 0.05) is 7.05 Å². The SMILES string of the molecule is CN(O)C(=O)C(C)(O)c1ccc(C2CCCCC2)cc1. The second kappa shape index (κ2) is 5.94. The van der Waals surface area contributed by atoms with Crippen LogP contribution in [0, 0.1) is 0 Å². The van der Waals surface area contributed by atoms with Crippen molar-refractivity contribution >= 4 is 5.91 Å². The van der Waals surface area contributed by atoms with Crippen molar-refractivity contribution in [3.8, 4) is 0 Å². The Balaban J connectivity index is 2.17. The maximum absolute atomic E-state index is 11.8. The van der Waals surface area contributed by atoms with Crippen molar-refractivity contribution < 1.29 is 15.1 Å². The number of benzene rings is 1. The van der Waals surface area contributed by atoms with Crippen LogP contribution in [0.15, 0.2) is 24.3 Å². The average Bonchev–Trinajstić information content (AvgIpc) is 2.47. The van der Waals surface area contributed by atoms with E-state index >= 15 is 0 Å². The largest absolute Gasteiger partial charge is 0.375 e. The lowest BCUT2D eigenvalue weighted by Gasteiger charge is -2.26. The third-order valence-electron chi connectivity index (χ3n) is 4.26. The summed E-state index contributed by atoms with van der Waals surface area (Å²) < 4.78 is 0. The standard InChI is InChI=1S/C16H23NO3/c1-16(19,15(18)17(2)20)14-10-8-13(9-11-14)12-6-4-3-5-7-12/h8-12,19-20H,3-7H2,1-2H3. The Bertz CT molecular complexity index is 459. The van der Waals surface area contributed by atoms with Crippen LogP contribution >= 0.6 is 0 Å². The number of hydrogen-bond acceptors (Lipinski definition) is 3. The molecule has 0 heterocycles. The lowest BCUT2D eigenvalue weighted by Crippen LogP contribution is -2.41. The first-order valence-electron chi connectivity index (χ1n) is 7.23. The normalized spacial score (nSPS) is 19.4. The highest BCUT2D eigenvalue weighted by Gasteiger charge is 2.34. The van der Waals surface area contributed by atoms with E-state index in [1.165, 1.54) is 51.6 Å². The molecular weight excluding hydrogens is 254 g/mol. The Kier molecular flexibility index (Phi) is 4.45. The average molecular weight is 277 g/mol. The topological polar surface area (TPSA) is 60.8 Å². The van der Waals surface area contributed by atoms with Crippen molar-refractivity contribution in [3.63, 3.8) is 0 Å². The third kappa shape index (κ3) is 3.02. The fourth-order valence-electron chi connectivity index (χ4n) is 2.95. The van der Waals surface area contributed by atoms with Crippen LogP contribution in [-0.4, -0.2) is 28.3 Å². The van der Waals surface area contributed by atoms with Gasteiger partial charge in [-0.15, -0.1) is 0 Å². The minimum absolute atomic E-state index is 0.426. The lowest BCUT2D eigenvalue weighted by molar-refractivity contribution is -0.179. The number of carbonyl (C=O) groups excluding carboxylic acids is 1. The maximum atomic E-state index is 11.8. The second-order valence-corrected chi connectivity index (χ2v) is 5.86. The molecule has 0 radical (unpaired) electrons. The van der Waals surface area contributed by atoms with Crippen LogP contribution in [0.4, 0.5) is 0 Å². The molecule has 1 amide bonds. The summed E-state index contributed by atoms with van der Waals surface area (Å²) in [5.74, 6) is -0.137. The summed E-state index contributed by atoms with van der Waals surface area (Å²) in [6, 6.07) is 7.55. The Morgan fingerprint density at radius 2 is 1.75 bits per heavy atom. The summed E-state index contributed by atoms with van der Waals surface area (Å²) in [6.45, 7) is 1.40. The highest BCUT2D eigenvalue weighted by molar-refractivity contribution is 5.84. The van der Waals surface area contributed by atoms with Gasteiger partial charge in [-0.2, -0.15) is 0 Å². The number of carbonyl (C=O) groups is 1. The van der Waals surface area contributed by atoms with Crippen LogP contribution in [0.5, 0.6) is 0 Å². The molecular formula is C16H23NO3. The van der Waals surface area contributed by atoms with Gasteiger partial charge in [0.05, 0.1) is 0 Å². The predicted molar refractivity (Wildman–Crippen MR) is 76.4 cm³/mol. The summed E-state index contributed by atoms with van der Waals surface area (Å²) >= 11 is 0. The van der Waals surface area contributed by atoms with Gasteiger partial charge in [-0.25, -0.2) is 5.06 Å². The molecule has 1 unspecified atom stereocenters. The fourth-order valence-corrected chi connectivity index (χ4v) is 2.95. The van der Waals surface area contributed by atoms with Crippen LogP contribution in [-0.2, 0) is 10.4 Å². The van der Waals surface area contributed by atoms with E-state index in [9.17, 15) is 15.1 Å². The number of likely N-dealkylation sites (N-methyl/N-ethyl adjacent to an activating group) is 1. The number of aliphatic hydroxyl groups is 1. The van der Waals surface area contributed by atoms with Crippen molar-refractivity contribution in [1.29, 1.82) is 0 Å². The van der Waals surface area contributed by atoms with Gasteiger partial charge < -0.3 is 5.11 Å². The van der Waals surface area contributed by atoms with Crippen molar-refractivity contribution in [3.05, 3.63) is 35.4 Å². The van der Waals surface area contributed by atoms with Gasteiger partial charge >= 0.3 is 0 Å². The van der Waals surface area contributed by atoms with E-state index in [0.717, 1.165) is 0 Å². The van der Waals surface area contributed by atoms with Crippen LogP contribution < -0.4 is 0 Å². The van der Waals surface area contributed by atoms with Gasteiger partial charge in [0.15, 0.2) is 5.60 Å². The molecule has 1 saturated carbocycles. The third-order valence-corrected chi connectivity index (χ3v) is 4.26. The zero-order valence-electron chi connectivity index (χ0n) is 12.2. The monoisotopic (exact) mass is 277 g/mol. The summed E-state index contributed by atoms with van der Waals surface area (Å²) in [6.07, 6.45) is 6.30. The fraction of sp³-hybridized carbons (Fsp3) is 0.562. The van der Waals surface area contributed by atoms with Crippen molar-refractivity contribution in [1.82, 2.24) is 5.06 Å². The van der Waals surface area contributed by atoms with E-state index in [1.54, 1.807) is 12.1 Å². The van der Waals surface area contributed by atoms with Gasteiger partial charge in [0.1, 0.15) is 0 Å². The number of hydrogen-bond donors (Lipinski definition) is 2. The molecule has 1 fully saturated rings. The first-order valence-corrected chi connectivity index (χ1v) is 7.23. The van der Waals surface area contributed by atoms with Crippen molar-refractivity contribution in [2.24, 2.45) is 0 Å². The Morgan fingerprint density at radius 3 is 2.25 bits per heavy atom. The van der Waals surface area contributed by atoms with Crippen molar-refractivity contribution in [2.45, 2.75) is 50.5 Å². The molecule has 0 aromatic heterocycles. The van der Waals surface area contributed by atoms with Gasteiger partial charge in [-0.3, -0.25) is 10.0 Å². The molecule has 0 bridgehead atoms. The molecule has 1 atom stereocenters. The smallest absolute Gasteiger partial charge is 0.281 e. The maximum Gasteiger partial charge on any atom is 0.281 e. The molecule has 2 N–H and O–H groups in total. The summed E-state index contributed by atoms with van der Waals surface area (Å²) in [5.41, 5.74) is 0.0752. The molecule has 0 saturated heterocycles. The van der Waals surface area contributed by atoms with E-state index in [-0.39, 0.29) is 0 Å². The second-order valence-electron chi connectivity index (χ2n) is 5.86. The van der Waals surface area contributed by atoms with Gasteiger partial charge in [-0.05, 0) is 36.8 Å². The minimum Gasteiger partial charge on any atom is -0.375 e. The molecule has 2 rings (SSSR count). The quantitative estimate of drug-likeness (QED) is 0.659. The molecule has 110 valence electrons. The highest BCUT2D eigenvalue weighted by atomic mass is 16.5. The first kappa shape index (κ1) is 15.0. The summed E-state index contributed by atoms with van der Waals surface area (Å²) in [7, 11) is 1.22. The highest BCUT2D eigenvalue weighted by Crippen LogP contribution is 2.33. The van der Waals surface area contributed by atoms with Crippen LogP contribution in [0.2, 0.25) is 0 Å². The number of nitrogens with zero attached hydrogens (tertiary/aromatic N) is 1. The molecule has 4 heteroatoms. The van der Waals surface area contributed by atoms with E-state index < -0.39 is 11.5 Å². The van der Waals surface area contributed by atoms with Gasteiger partial charge in [0.2, 0.25) is 0 Å². The molecule has 0 aliphatic heterocycles. The minimum atomic E-state index is -1.70. The Morgan fingerprint density at radius 1 is 1.20 bits per heavy atom. The number of rotatable bonds is 3. The molecule has 0 spiro atoms. The lowest BCUT2D eigenvalue weighted by atomic mass is 9.83. The van der Waals surface area contributed by atoms with Crippen LogP contribution in [0.1, 0.15) is 56.1 Å². The predicted octanol–water partition coefficient (Wildman–Crippen LogP) is 2.79. The molecule has 4 nitrogen and oxygen atoms in total. The van der Waals surface area contributed by atoms with E-state index in [2.05, 4.69) is 0 Å². The molecule has 1 aromatic rings. The number of amides is 1. The Hall–Kier alpha value is -1.39. The summed E-state index contributed by atoms with van der Waals surface area (Å²) in [4.78, 5) is 11.8. The summed E-state index contributed by atoms with van der Waals surface area (Å²) in [5, 5.41) is 19.9. The zero-order chi connectivity index (χ0) is 14.8. The van der Waals surface area contributed by atoms with Gasteiger partial charge in [-0.1, -0.05) is 43.5 Å². The molecule has 1 aliphatic carbocycles. The van der Waals surface area contributed by atoms with E-state index in [4.69, 9.17) is 0 Å². The van der Waals surface area contributed by atoms with Crippen LogP contribution in [0.25, 0.3) is 0 Å². The molecule has 20 heavy (non-hydrogen) atoms. The zero-order valence-corrected chi connectivity index (χ0v) is 12.2. The number of hydroxylamine groups is 2. The van der Waals surface area contributed by atoms with Crippen LogP contribution in [0.3, 0.4) is 0 Å². The molecule has 1 aromatic carbocycles. The van der Waals surface area contributed by atoms with E-state index in [0.29, 0.717) is 16.5 Å². The first-order chi connectivity index (χ1) is 9.43.